The van der Waals surface area contributed by atoms with Gasteiger partial charge in [-0.3, -0.25) is 4.79 Å². The van der Waals surface area contributed by atoms with E-state index in [1.807, 2.05) is 24.3 Å². The molecule has 0 aliphatic carbocycles. The molecule has 0 spiro atoms. The van der Waals surface area contributed by atoms with Crippen molar-refractivity contribution in [2.75, 3.05) is 0 Å². The summed E-state index contributed by atoms with van der Waals surface area (Å²) in [6.45, 7) is 5.24. The zero-order valence-electron chi connectivity index (χ0n) is 7.30. The van der Waals surface area contributed by atoms with E-state index < -0.39 is 0 Å². The highest BCUT2D eigenvalue weighted by molar-refractivity contribution is 14.1. The van der Waals surface area contributed by atoms with Crippen LogP contribution in [0.4, 0.5) is 0 Å². The SMILES string of the molecule is C=C(NC(C)=O)c1cccc(I)c1. The van der Waals surface area contributed by atoms with Gasteiger partial charge in [-0.15, -0.1) is 0 Å². The van der Waals surface area contributed by atoms with Gasteiger partial charge in [-0.1, -0.05) is 18.7 Å². The summed E-state index contributed by atoms with van der Waals surface area (Å²) in [5.41, 5.74) is 1.59. The van der Waals surface area contributed by atoms with E-state index in [9.17, 15) is 4.79 Å². The van der Waals surface area contributed by atoms with E-state index >= 15 is 0 Å². The molecular weight excluding hydrogens is 277 g/mol. The molecule has 0 saturated carbocycles. The Morgan fingerprint density at radius 3 is 2.77 bits per heavy atom. The lowest BCUT2D eigenvalue weighted by Gasteiger charge is -2.05. The second kappa shape index (κ2) is 4.41. The van der Waals surface area contributed by atoms with Crippen molar-refractivity contribution in [3.05, 3.63) is 40.0 Å². The first kappa shape index (κ1) is 10.2. The summed E-state index contributed by atoms with van der Waals surface area (Å²) < 4.78 is 1.13. The summed E-state index contributed by atoms with van der Waals surface area (Å²) in [6, 6.07) is 7.81. The lowest BCUT2D eigenvalue weighted by atomic mass is 10.2. The van der Waals surface area contributed by atoms with Gasteiger partial charge in [0.2, 0.25) is 5.91 Å². The van der Waals surface area contributed by atoms with Crippen molar-refractivity contribution in [2.24, 2.45) is 0 Å². The molecule has 68 valence electrons. The molecule has 0 atom stereocenters. The quantitative estimate of drug-likeness (QED) is 0.831. The molecular formula is C10H10INO. The predicted molar refractivity (Wildman–Crippen MR) is 62.0 cm³/mol. The Kier molecular flexibility index (Phi) is 3.48. The Morgan fingerprint density at radius 2 is 2.23 bits per heavy atom. The zero-order chi connectivity index (χ0) is 9.84. The number of halogens is 1. The summed E-state index contributed by atoms with van der Waals surface area (Å²) in [5, 5.41) is 2.65. The Hall–Kier alpha value is -0.840. The van der Waals surface area contributed by atoms with Crippen LogP contribution in [0.25, 0.3) is 5.70 Å². The van der Waals surface area contributed by atoms with Gasteiger partial charge in [-0.05, 0) is 40.3 Å². The number of hydrogen-bond donors (Lipinski definition) is 1. The summed E-state index contributed by atoms with van der Waals surface area (Å²) in [4.78, 5) is 10.7. The minimum atomic E-state index is -0.0936. The largest absolute Gasteiger partial charge is 0.326 e. The molecule has 1 rings (SSSR count). The van der Waals surface area contributed by atoms with Crippen molar-refractivity contribution in [3.8, 4) is 0 Å². The van der Waals surface area contributed by atoms with E-state index in [-0.39, 0.29) is 5.91 Å². The standard InChI is InChI=1S/C10H10INO/c1-7(12-8(2)13)9-4-3-5-10(11)6-9/h3-6H,1H2,2H3,(H,12,13). The molecule has 0 saturated heterocycles. The lowest BCUT2D eigenvalue weighted by Crippen LogP contribution is -2.17. The number of carbonyl (C=O) groups excluding carboxylic acids is 1. The highest BCUT2D eigenvalue weighted by atomic mass is 127. The van der Waals surface area contributed by atoms with Gasteiger partial charge in [0.25, 0.3) is 0 Å². The first-order chi connectivity index (χ1) is 6.09. The monoisotopic (exact) mass is 287 g/mol. The van der Waals surface area contributed by atoms with E-state index in [1.54, 1.807) is 0 Å². The normalized spacial score (nSPS) is 9.38. The van der Waals surface area contributed by atoms with Crippen molar-refractivity contribution in [1.82, 2.24) is 5.32 Å². The van der Waals surface area contributed by atoms with E-state index in [1.165, 1.54) is 6.92 Å². The highest BCUT2D eigenvalue weighted by Crippen LogP contribution is 2.13. The second-order valence-electron chi connectivity index (χ2n) is 2.67. The molecule has 0 aromatic heterocycles. The number of benzene rings is 1. The zero-order valence-corrected chi connectivity index (χ0v) is 9.46. The summed E-state index contributed by atoms with van der Waals surface area (Å²) >= 11 is 2.22. The van der Waals surface area contributed by atoms with Gasteiger partial charge in [-0.2, -0.15) is 0 Å². The van der Waals surface area contributed by atoms with Gasteiger partial charge >= 0.3 is 0 Å². The number of amides is 1. The van der Waals surface area contributed by atoms with Gasteiger partial charge in [0, 0.05) is 16.2 Å². The molecule has 0 unspecified atom stereocenters. The van der Waals surface area contributed by atoms with Gasteiger partial charge in [0.05, 0.1) is 0 Å². The molecule has 0 fully saturated rings. The fourth-order valence-electron chi connectivity index (χ4n) is 0.961. The number of rotatable bonds is 2. The van der Waals surface area contributed by atoms with E-state index in [0.29, 0.717) is 5.70 Å². The summed E-state index contributed by atoms with van der Waals surface area (Å²) in [7, 11) is 0. The van der Waals surface area contributed by atoms with Crippen LogP contribution in [0.3, 0.4) is 0 Å². The van der Waals surface area contributed by atoms with Crippen LogP contribution in [0.15, 0.2) is 30.8 Å². The van der Waals surface area contributed by atoms with Crippen molar-refractivity contribution >= 4 is 34.2 Å². The van der Waals surface area contributed by atoms with Crippen LogP contribution in [-0.4, -0.2) is 5.91 Å². The first-order valence-corrected chi connectivity index (χ1v) is 4.90. The van der Waals surface area contributed by atoms with Gasteiger partial charge < -0.3 is 5.32 Å². The van der Waals surface area contributed by atoms with Crippen LogP contribution < -0.4 is 5.32 Å². The predicted octanol–water partition coefficient (Wildman–Crippen LogP) is 2.40. The third-order valence-electron chi connectivity index (χ3n) is 1.50. The van der Waals surface area contributed by atoms with Gasteiger partial charge in [0.1, 0.15) is 0 Å². The highest BCUT2D eigenvalue weighted by Gasteiger charge is 2.00. The van der Waals surface area contributed by atoms with Crippen molar-refractivity contribution in [2.45, 2.75) is 6.92 Å². The topological polar surface area (TPSA) is 29.1 Å². The molecule has 1 amide bonds. The van der Waals surface area contributed by atoms with E-state index in [2.05, 4.69) is 34.5 Å². The minimum Gasteiger partial charge on any atom is -0.326 e. The van der Waals surface area contributed by atoms with Crippen LogP contribution in [0, 0.1) is 3.57 Å². The first-order valence-electron chi connectivity index (χ1n) is 3.82. The van der Waals surface area contributed by atoms with Crippen molar-refractivity contribution < 1.29 is 4.79 Å². The Bertz CT molecular complexity index is 347. The van der Waals surface area contributed by atoms with Crippen LogP contribution in [-0.2, 0) is 4.79 Å². The number of nitrogens with one attached hydrogen (secondary N) is 1. The molecule has 0 aliphatic rings. The molecule has 1 aromatic carbocycles. The maximum atomic E-state index is 10.7. The molecule has 0 heterocycles. The Morgan fingerprint density at radius 1 is 1.54 bits per heavy atom. The summed E-state index contributed by atoms with van der Waals surface area (Å²) in [5.74, 6) is -0.0936. The molecule has 1 aromatic rings. The maximum Gasteiger partial charge on any atom is 0.221 e. The molecule has 2 nitrogen and oxygen atoms in total. The average molecular weight is 287 g/mol. The fraction of sp³-hybridized carbons (Fsp3) is 0.100. The van der Waals surface area contributed by atoms with Crippen LogP contribution in [0.1, 0.15) is 12.5 Å². The summed E-state index contributed by atoms with van der Waals surface area (Å²) in [6.07, 6.45) is 0. The van der Waals surface area contributed by atoms with E-state index in [0.717, 1.165) is 9.13 Å². The van der Waals surface area contributed by atoms with Gasteiger partial charge in [-0.25, -0.2) is 0 Å². The van der Waals surface area contributed by atoms with Crippen LogP contribution in [0.2, 0.25) is 0 Å². The number of hydrogen-bond acceptors (Lipinski definition) is 1. The smallest absolute Gasteiger partial charge is 0.221 e. The second-order valence-corrected chi connectivity index (χ2v) is 3.92. The molecule has 0 radical (unpaired) electrons. The molecule has 0 aliphatic heterocycles. The third kappa shape index (κ3) is 3.18. The Balaban J connectivity index is 2.83. The molecule has 3 heteroatoms. The number of carbonyl (C=O) groups is 1. The Labute approximate surface area is 91.2 Å². The van der Waals surface area contributed by atoms with E-state index in [4.69, 9.17) is 0 Å². The minimum absolute atomic E-state index is 0.0936. The van der Waals surface area contributed by atoms with Gasteiger partial charge in [0.15, 0.2) is 0 Å². The lowest BCUT2D eigenvalue weighted by molar-refractivity contribution is -0.117. The molecule has 13 heavy (non-hydrogen) atoms. The molecule has 1 N–H and O–H groups in total. The van der Waals surface area contributed by atoms with Crippen LogP contribution in [0.5, 0.6) is 0 Å². The maximum absolute atomic E-state index is 10.7. The van der Waals surface area contributed by atoms with Crippen molar-refractivity contribution in [1.29, 1.82) is 0 Å². The third-order valence-corrected chi connectivity index (χ3v) is 2.17. The van der Waals surface area contributed by atoms with Crippen LogP contribution >= 0.6 is 22.6 Å². The average Bonchev–Trinajstić information content (AvgIpc) is 2.03. The van der Waals surface area contributed by atoms with Crippen molar-refractivity contribution in [3.63, 3.8) is 0 Å². The molecule has 0 bridgehead atoms. The fourth-order valence-corrected chi connectivity index (χ4v) is 1.50.